The first-order valence-electron chi connectivity index (χ1n) is 39.2. The van der Waals surface area contributed by atoms with E-state index in [1.807, 2.05) is 0 Å². The Balaban J connectivity index is 5.21. The second-order valence-electron chi connectivity index (χ2n) is 29.1. The van der Waals surface area contributed by atoms with E-state index < -0.39 is 97.5 Å². The minimum atomic E-state index is -4.96. The Labute approximate surface area is 581 Å². The highest BCUT2D eigenvalue weighted by molar-refractivity contribution is 7.47. The van der Waals surface area contributed by atoms with Crippen LogP contribution in [0.5, 0.6) is 0 Å². The molecule has 0 saturated heterocycles. The van der Waals surface area contributed by atoms with Gasteiger partial charge in [-0.2, -0.15) is 0 Å². The van der Waals surface area contributed by atoms with E-state index in [-0.39, 0.29) is 25.7 Å². The number of hydrogen-bond donors (Lipinski definition) is 3. The van der Waals surface area contributed by atoms with Crippen molar-refractivity contribution in [2.75, 3.05) is 39.6 Å². The largest absolute Gasteiger partial charge is 0.472 e. The van der Waals surface area contributed by atoms with Crippen molar-refractivity contribution in [3.8, 4) is 0 Å². The zero-order valence-electron chi connectivity index (χ0n) is 62.3. The summed E-state index contributed by atoms with van der Waals surface area (Å²) >= 11 is 0. The first-order chi connectivity index (χ1) is 45.6. The van der Waals surface area contributed by atoms with Gasteiger partial charge in [0, 0.05) is 25.7 Å². The van der Waals surface area contributed by atoms with Gasteiger partial charge < -0.3 is 33.8 Å². The van der Waals surface area contributed by atoms with Crippen LogP contribution in [0, 0.1) is 23.7 Å². The maximum absolute atomic E-state index is 13.1. The zero-order chi connectivity index (χ0) is 70.3. The fourth-order valence-corrected chi connectivity index (χ4v) is 13.1. The van der Waals surface area contributed by atoms with Crippen molar-refractivity contribution in [3.05, 3.63) is 0 Å². The Hall–Kier alpha value is -1.94. The molecule has 0 saturated carbocycles. The maximum atomic E-state index is 13.1. The van der Waals surface area contributed by atoms with Crippen molar-refractivity contribution < 1.29 is 80.2 Å². The van der Waals surface area contributed by atoms with E-state index in [0.29, 0.717) is 31.6 Å². The lowest BCUT2D eigenvalue weighted by atomic mass is 10.00. The molecular formula is C76H148O17P2. The monoisotopic (exact) mass is 1400 g/mol. The van der Waals surface area contributed by atoms with Gasteiger partial charge in [-0.3, -0.25) is 37.3 Å². The van der Waals surface area contributed by atoms with Crippen LogP contribution in [-0.4, -0.2) is 96.7 Å². The second-order valence-corrected chi connectivity index (χ2v) is 32.0. The molecule has 564 valence electrons. The van der Waals surface area contributed by atoms with Crippen LogP contribution in [0.2, 0.25) is 0 Å². The van der Waals surface area contributed by atoms with E-state index in [2.05, 4.69) is 55.4 Å². The molecule has 0 aromatic heterocycles. The number of phosphoric ester groups is 2. The molecule has 0 aliphatic carbocycles. The lowest BCUT2D eigenvalue weighted by molar-refractivity contribution is -0.161. The van der Waals surface area contributed by atoms with E-state index >= 15 is 0 Å². The van der Waals surface area contributed by atoms with Gasteiger partial charge in [-0.15, -0.1) is 0 Å². The molecule has 0 aliphatic rings. The Morgan fingerprint density at radius 3 is 0.747 bits per heavy atom. The third kappa shape index (κ3) is 69.0. The first kappa shape index (κ1) is 93.1. The molecule has 0 fully saturated rings. The van der Waals surface area contributed by atoms with E-state index in [0.717, 1.165) is 114 Å². The van der Waals surface area contributed by atoms with Crippen molar-refractivity contribution >= 4 is 39.5 Å². The van der Waals surface area contributed by atoms with Gasteiger partial charge in [0.25, 0.3) is 0 Å². The molecular weight excluding hydrogens is 1250 g/mol. The molecule has 6 atom stereocenters. The molecule has 0 aromatic rings. The number of ether oxygens (including phenoxy) is 4. The molecule has 0 heterocycles. The summed E-state index contributed by atoms with van der Waals surface area (Å²) in [6, 6.07) is 0. The Bertz CT molecular complexity index is 1870. The smallest absolute Gasteiger partial charge is 0.462 e. The number of unbranched alkanes of at least 4 members (excludes halogenated alkanes) is 38. The van der Waals surface area contributed by atoms with Gasteiger partial charge in [-0.25, -0.2) is 9.13 Å². The number of hydrogen-bond acceptors (Lipinski definition) is 15. The number of esters is 4. The Morgan fingerprint density at radius 2 is 0.505 bits per heavy atom. The molecule has 0 amide bonds. The van der Waals surface area contributed by atoms with Crippen LogP contribution >= 0.6 is 15.6 Å². The van der Waals surface area contributed by atoms with Crippen LogP contribution < -0.4 is 0 Å². The van der Waals surface area contributed by atoms with Crippen LogP contribution in [-0.2, 0) is 65.4 Å². The minimum Gasteiger partial charge on any atom is -0.462 e. The van der Waals surface area contributed by atoms with Crippen molar-refractivity contribution in [2.24, 2.45) is 23.7 Å². The summed E-state index contributed by atoms with van der Waals surface area (Å²) in [4.78, 5) is 72.7. The molecule has 0 aromatic carbocycles. The second kappa shape index (κ2) is 65.4. The average molecular weight is 1400 g/mol. The molecule has 3 unspecified atom stereocenters. The lowest BCUT2D eigenvalue weighted by Crippen LogP contribution is -2.30. The van der Waals surface area contributed by atoms with E-state index in [1.54, 1.807) is 0 Å². The molecule has 0 bridgehead atoms. The van der Waals surface area contributed by atoms with Gasteiger partial charge in [0.15, 0.2) is 12.2 Å². The summed E-state index contributed by atoms with van der Waals surface area (Å²) in [7, 11) is -9.91. The zero-order valence-corrected chi connectivity index (χ0v) is 64.1. The predicted molar refractivity (Wildman–Crippen MR) is 386 cm³/mol. The van der Waals surface area contributed by atoms with Crippen LogP contribution in [0.1, 0.15) is 383 Å². The van der Waals surface area contributed by atoms with Gasteiger partial charge in [-0.05, 0) is 49.4 Å². The standard InChI is InChI=1S/C76H148O17P2/c1-9-69(8)55-47-39-33-35-41-49-57-74(79)87-63-72(93-76(81)59-51-43-34-32-38-46-54-68(6)7)65-91-95(84,85)89-61-70(77)60-88-94(82,83)90-64-71(92-75(80)58-50-42-31-27-23-19-15-11-13-17-21-25-29-37-45-53-67(4)5)62-86-73(78)56-48-40-30-26-22-18-14-10-12-16-20-24-28-36-44-52-66(2)3/h66-72,77H,9-65H2,1-8H3,(H,82,83)(H,84,85)/t69?,70-,71-,72-/m1/s1. The van der Waals surface area contributed by atoms with Crippen LogP contribution in [0.25, 0.3) is 0 Å². The summed E-state index contributed by atoms with van der Waals surface area (Å²) in [6.45, 7) is 14.1. The van der Waals surface area contributed by atoms with Crippen LogP contribution in [0.15, 0.2) is 0 Å². The summed E-state index contributed by atoms with van der Waals surface area (Å²) in [5, 5.41) is 10.6. The van der Waals surface area contributed by atoms with E-state index in [1.165, 1.54) is 180 Å². The fraction of sp³-hybridized carbons (Fsp3) is 0.947. The quantitative estimate of drug-likeness (QED) is 0.0222. The molecule has 0 spiro atoms. The van der Waals surface area contributed by atoms with Crippen LogP contribution in [0.3, 0.4) is 0 Å². The van der Waals surface area contributed by atoms with E-state index in [9.17, 15) is 43.2 Å². The van der Waals surface area contributed by atoms with Crippen molar-refractivity contribution in [1.82, 2.24) is 0 Å². The topological polar surface area (TPSA) is 237 Å². The molecule has 17 nitrogen and oxygen atoms in total. The van der Waals surface area contributed by atoms with Gasteiger partial charge >= 0.3 is 39.5 Å². The maximum Gasteiger partial charge on any atom is 0.472 e. The highest BCUT2D eigenvalue weighted by atomic mass is 31.2. The SMILES string of the molecule is CCC(C)CCCCCCCCC(=O)OC[C@H](COP(=O)(O)OC[C@H](O)COP(=O)(O)OC[C@@H](COC(=O)CCCCCCCCCCCCCCCCCC(C)C)OC(=O)CCCCCCCCCCCCCCCCCC(C)C)OC(=O)CCCCCCCCC(C)C. The first-order valence-corrected chi connectivity index (χ1v) is 42.2. The summed E-state index contributed by atoms with van der Waals surface area (Å²) in [5.74, 6) is 0.883. The Morgan fingerprint density at radius 1 is 0.295 bits per heavy atom. The number of phosphoric acid groups is 2. The van der Waals surface area contributed by atoms with Crippen molar-refractivity contribution in [3.63, 3.8) is 0 Å². The normalized spacial score (nSPS) is 14.4. The molecule has 95 heavy (non-hydrogen) atoms. The fourth-order valence-electron chi connectivity index (χ4n) is 11.5. The molecule has 19 heteroatoms. The summed E-state index contributed by atoms with van der Waals surface area (Å²) in [5.41, 5.74) is 0. The summed E-state index contributed by atoms with van der Waals surface area (Å²) < 4.78 is 68.4. The van der Waals surface area contributed by atoms with Crippen molar-refractivity contribution in [1.29, 1.82) is 0 Å². The highest BCUT2D eigenvalue weighted by Crippen LogP contribution is 2.45. The number of aliphatic hydroxyl groups excluding tert-OH is 1. The van der Waals surface area contributed by atoms with Gasteiger partial charge in [0.2, 0.25) is 0 Å². The van der Waals surface area contributed by atoms with Gasteiger partial charge in [0.1, 0.15) is 19.3 Å². The predicted octanol–water partition coefficient (Wildman–Crippen LogP) is 22.0. The number of carbonyl (C=O) groups excluding carboxylic acids is 4. The molecule has 3 N–H and O–H groups in total. The van der Waals surface area contributed by atoms with Gasteiger partial charge in [0.05, 0.1) is 26.4 Å². The van der Waals surface area contributed by atoms with Crippen molar-refractivity contribution in [2.45, 2.75) is 401 Å². The third-order valence-corrected chi connectivity index (χ3v) is 19.8. The molecule has 0 rings (SSSR count). The highest BCUT2D eigenvalue weighted by Gasteiger charge is 2.30. The minimum absolute atomic E-state index is 0.101. The van der Waals surface area contributed by atoms with Crippen LogP contribution in [0.4, 0.5) is 0 Å². The molecule has 0 aliphatic heterocycles. The van der Waals surface area contributed by atoms with E-state index in [4.69, 9.17) is 37.0 Å². The Kier molecular flexibility index (Phi) is 64.0. The number of carbonyl (C=O) groups is 4. The lowest BCUT2D eigenvalue weighted by Gasteiger charge is -2.21. The third-order valence-electron chi connectivity index (χ3n) is 17.9. The van der Waals surface area contributed by atoms with Gasteiger partial charge in [-0.1, -0.05) is 331 Å². The number of rotatable bonds is 73. The average Bonchev–Trinajstić information content (AvgIpc) is 1.81. The molecule has 0 radical (unpaired) electrons. The number of aliphatic hydroxyl groups is 1. The summed E-state index contributed by atoms with van der Waals surface area (Å²) in [6.07, 6.45) is 50.3.